The Morgan fingerprint density at radius 3 is 2.95 bits per heavy atom. The molecule has 2 N–H and O–H groups in total. The number of hydrogen-bond acceptors (Lipinski definition) is 3. The highest BCUT2D eigenvalue weighted by molar-refractivity contribution is 7.10. The lowest BCUT2D eigenvalue weighted by Crippen LogP contribution is -2.25. The highest BCUT2D eigenvalue weighted by Crippen LogP contribution is 2.17. The van der Waals surface area contributed by atoms with Crippen LogP contribution in [-0.4, -0.2) is 24.4 Å². The van der Waals surface area contributed by atoms with Crippen molar-refractivity contribution in [2.45, 2.75) is 6.54 Å². The van der Waals surface area contributed by atoms with Crippen LogP contribution in [0.3, 0.4) is 0 Å². The van der Waals surface area contributed by atoms with E-state index in [1.54, 1.807) is 18.0 Å². The number of carbonyl (C=O) groups is 1. The third kappa shape index (κ3) is 4.15. The van der Waals surface area contributed by atoms with Crippen LogP contribution < -0.4 is 5.73 Å². The summed E-state index contributed by atoms with van der Waals surface area (Å²) < 4.78 is 13.1. The molecule has 0 spiro atoms. The van der Waals surface area contributed by atoms with E-state index >= 15 is 0 Å². The molecule has 3 nitrogen and oxygen atoms in total. The Morgan fingerprint density at radius 1 is 1.43 bits per heavy atom. The Kier molecular flexibility index (Phi) is 5.09. The molecule has 0 saturated carbocycles. The smallest absolute Gasteiger partial charge is 0.254 e. The van der Waals surface area contributed by atoms with Crippen LogP contribution in [0, 0.1) is 17.7 Å². The fraction of sp³-hybridized carbons (Fsp3) is 0.188. The van der Waals surface area contributed by atoms with Crippen LogP contribution in [0.5, 0.6) is 0 Å². The monoisotopic (exact) mass is 302 g/mol. The summed E-state index contributed by atoms with van der Waals surface area (Å²) in [7, 11) is 1.69. The van der Waals surface area contributed by atoms with Gasteiger partial charge in [-0.3, -0.25) is 4.79 Å². The normalized spacial score (nSPS) is 9.86. The number of nitrogens with zero attached hydrogens (tertiary/aromatic N) is 1. The van der Waals surface area contributed by atoms with Gasteiger partial charge in [-0.2, -0.15) is 0 Å². The molecule has 0 fully saturated rings. The van der Waals surface area contributed by atoms with E-state index in [0.717, 1.165) is 10.4 Å². The van der Waals surface area contributed by atoms with Crippen molar-refractivity contribution in [3.05, 3.63) is 57.5 Å². The van der Waals surface area contributed by atoms with Crippen molar-refractivity contribution in [3.8, 4) is 11.8 Å². The summed E-state index contributed by atoms with van der Waals surface area (Å²) >= 11 is 1.53. The van der Waals surface area contributed by atoms with Crippen LogP contribution in [0.2, 0.25) is 0 Å². The molecule has 0 bridgehead atoms. The number of rotatable bonds is 3. The van der Waals surface area contributed by atoms with Gasteiger partial charge >= 0.3 is 0 Å². The number of benzene rings is 1. The second-order valence-corrected chi connectivity index (χ2v) is 5.47. The fourth-order valence-corrected chi connectivity index (χ4v) is 2.70. The van der Waals surface area contributed by atoms with Gasteiger partial charge in [-0.1, -0.05) is 17.9 Å². The first kappa shape index (κ1) is 15.2. The highest BCUT2D eigenvalue weighted by Gasteiger charge is 2.13. The molecule has 1 amide bonds. The SMILES string of the molecule is CN(Cc1cc(C#CCN)cs1)C(=O)c1cccc(F)c1. The third-order valence-corrected chi connectivity index (χ3v) is 3.72. The summed E-state index contributed by atoms with van der Waals surface area (Å²) in [5, 5.41) is 1.93. The molecule has 1 aromatic carbocycles. The van der Waals surface area contributed by atoms with E-state index in [9.17, 15) is 9.18 Å². The molecule has 1 aromatic heterocycles. The number of hydrogen-bond donors (Lipinski definition) is 1. The lowest BCUT2D eigenvalue weighted by Gasteiger charge is -2.16. The minimum absolute atomic E-state index is 0.211. The van der Waals surface area contributed by atoms with Crippen molar-refractivity contribution in [2.24, 2.45) is 5.73 Å². The van der Waals surface area contributed by atoms with Crippen molar-refractivity contribution in [2.75, 3.05) is 13.6 Å². The van der Waals surface area contributed by atoms with E-state index in [-0.39, 0.29) is 5.91 Å². The van der Waals surface area contributed by atoms with Gasteiger partial charge in [0, 0.05) is 28.4 Å². The molecule has 1 heterocycles. The van der Waals surface area contributed by atoms with Crippen molar-refractivity contribution in [1.29, 1.82) is 0 Å². The number of halogens is 1. The van der Waals surface area contributed by atoms with E-state index in [1.807, 2.05) is 11.4 Å². The molecule has 2 rings (SSSR count). The second kappa shape index (κ2) is 7.02. The lowest BCUT2D eigenvalue weighted by atomic mass is 10.2. The maximum absolute atomic E-state index is 13.1. The number of thiophene rings is 1. The first-order chi connectivity index (χ1) is 10.1. The molecule has 0 aliphatic rings. The average Bonchev–Trinajstić information content (AvgIpc) is 2.91. The molecular formula is C16H15FN2OS. The zero-order valence-electron chi connectivity index (χ0n) is 11.6. The van der Waals surface area contributed by atoms with Crippen LogP contribution in [0.4, 0.5) is 4.39 Å². The van der Waals surface area contributed by atoms with Crippen LogP contribution >= 0.6 is 11.3 Å². The first-order valence-corrected chi connectivity index (χ1v) is 7.25. The molecule has 0 radical (unpaired) electrons. The molecule has 0 unspecified atom stereocenters. The van der Waals surface area contributed by atoms with Crippen LogP contribution in [0.25, 0.3) is 0 Å². The molecule has 21 heavy (non-hydrogen) atoms. The summed E-state index contributed by atoms with van der Waals surface area (Å²) in [5.41, 5.74) is 6.57. The second-order valence-electron chi connectivity index (χ2n) is 4.48. The van der Waals surface area contributed by atoms with Gasteiger partial charge in [-0.25, -0.2) is 4.39 Å². The summed E-state index contributed by atoms with van der Waals surface area (Å²) in [6.45, 7) is 0.785. The number of nitrogens with two attached hydrogens (primary N) is 1. The van der Waals surface area contributed by atoms with Gasteiger partial charge in [0.15, 0.2) is 0 Å². The maximum atomic E-state index is 13.1. The van der Waals surface area contributed by atoms with Crippen molar-refractivity contribution in [3.63, 3.8) is 0 Å². The summed E-state index contributed by atoms with van der Waals surface area (Å²) in [5.74, 6) is 5.11. The van der Waals surface area contributed by atoms with Crippen molar-refractivity contribution < 1.29 is 9.18 Å². The molecule has 0 aliphatic carbocycles. The standard InChI is InChI=1S/C16H15FN2OS/c1-19(16(20)13-5-2-6-14(17)9-13)10-15-8-12(11-21-15)4-3-7-18/h2,5-6,8-9,11H,7,10,18H2,1H3. The fourth-order valence-electron chi connectivity index (χ4n) is 1.83. The van der Waals surface area contributed by atoms with Gasteiger partial charge in [0.05, 0.1) is 13.1 Å². The van der Waals surface area contributed by atoms with Gasteiger partial charge in [-0.05, 0) is 24.3 Å². The molecule has 0 atom stereocenters. The van der Waals surface area contributed by atoms with Gasteiger partial charge in [0.2, 0.25) is 0 Å². The van der Waals surface area contributed by atoms with Crippen molar-refractivity contribution in [1.82, 2.24) is 4.90 Å². The average molecular weight is 302 g/mol. The zero-order valence-corrected chi connectivity index (χ0v) is 12.4. The van der Waals surface area contributed by atoms with Crippen LogP contribution in [0.15, 0.2) is 35.7 Å². The Balaban J connectivity index is 2.05. The van der Waals surface area contributed by atoms with Gasteiger partial charge in [0.25, 0.3) is 5.91 Å². The predicted molar refractivity (Wildman–Crippen MR) is 82.4 cm³/mol. The van der Waals surface area contributed by atoms with E-state index in [2.05, 4.69) is 11.8 Å². The Hall–Kier alpha value is -2.16. The minimum atomic E-state index is -0.412. The Bertz CT molecular complexity index is 700. The van der Waals surface area contributed by atoms with E-state index in [4.69, 9.17) is 5.73 Å². The minimum Gasteiger partial charge on any atom is -0.337 e. The summed E-state index contributed by atoms with van der Waals surface area (Å²) in [6, 6.07) is 7.63. The van der Waals surface area contributed by atoms with Gasteiger partial charge in [0.1, 0.15) is 5.82 Å². The predicted octanol–water partition coefficient (Wildman–Crippen LogP) is 2.47. The largest absolute Gasteiger partial charge is 0.337 e. The maximum Gasteiger partial charge on any atom is 0.254 e. The quantitative estimate of drug-likeness (QED) is 0.885. The summed E-state index contributed by atoms with van der Waals surface area (Å²) in [4.78, 5) is 14.8. The van der Waals surface area contributed by atoms with E-state index in [0.29, 0.717) is 18.7 Å². The molecule has 5 heteroatoms. The topological polar surface area (TPSA) is 46.3 Å². The molecule has 0 aliphatic heterocycles. The van der Waals surface area contributed by atoms with Gasteiger partial charge < -0.3 is 10.6 Å². The third-order valence-electron chi connectivity index (χ3n) is 2.80. The Labute approximate surface area is 127 Å². The molecular weight excluding hydrogens is 287 g/mol. The number of amides is 1. The van der Waals surface area contributed by atoms with Crippen LogP contribution in [-0.2, 0) is 6.54 Å². The Morgan fingerprint density at radius 2 is 2.24 bits per heavy atom. The molecule has 108 valence electrons. The first-order valence-electron chi connectivity index (χ1n) is 6.37. The van der Waals surface area contributed by atoms with Crippen molar-refractivity contribution >= 4 is 17.2 Å². The lowest BCUT2D eigenvalue weighted by molar-refractivity contribution is 0.0786. The van der Waals surface area contributed by atoms with Crippen LogP contribution in [0.1, 0.15) is 20.8 Å². The van der Waals surface area contributed by atoms with Gasteiger partial charge in [-0.15, -0.1) is 11.3 Å². The summed E-state index contributed by atoms with van der Waals surface area (Å²) in [6.07, 6.45) is 0. The molecule has 0 saturated heterocycles. The van der Waals surface area contributed by atoms with E-state index < -0.39 is 5.82 Å². The molecule has 2 aromatic rings. The van der Waals surface area contributed by atoms with E-state index in [1.165, 1.54) is 29.5 Å². The highest BCUT2D eigenvalue weighted by atomic mass is 32.1. The zero-order chi connectivity index (χ0) is 15.2. The number of carbonyl (C=O) groups excluding carboxylic acids is 1.